The van der Waals surface area contributed by atoms with E-state index in [1.54, 1.807) is 28.7 Å². The van der Waals surface area contributed by atoms with Crippen LogP contribution in [0.15, 0.2) is 58.4 Å². The molecule has 1 atom stereocenters. The van der Waals surface area contributed by atoms with Crippen LogP contribution in [0, 0.1) is 6.92 Å². The van der Waals surface area contributed by atoms with Gasteiger partial charge >= 0.3 is 0 Å². The number of Topliss-reactive ketones (excluding diaryl/α,β-unsaturated/α-hetero) is 1. The van der Waals surface area contributed by atoms with Gasteiger partial charge in [0.25, 0.3) is 5.78 Å². The van der Waals surface area contributed by atoms with Crippen molar-refractivity contribution in [3.05, 3.63) is 77.0 Å². The van der Waals surface area contributed by atoms with Crippen molar-refractivity contribution < 1.29 is 9.21 Å². The van der Waals surface area contributed by atoms with Crippen LogP contribution in [0.1, 0.15) is 45.3 Å². The highest BCUT2D eigenvalue weighted by atomic mass is 32.2. The highest BCUT2D eigenvalue weighted by molar-refractivity contribution is 7.98. The zero-order valence-electron chi connectivity index (χ0n) is 15.3. The van der Waals surface area contributed by atoms with E-state index >= 15 is 0 Å². The molecular formula is C21H18N4O2S. The summed E-state index contributed by atoms with van der Waals surface area (Å²) < 4.78 is 7.11. The van der Waals surface area contributed by atoms with Gasteiger partial charge in [-0.05, 0) is 24.6 Å². The topological polar surface area (TPSA) is 73.3 Å². The molecule has 3 aromatic heterocycles. The molecule has 0 saturated carbocycles. The number of hydrogen-bond acceptors (Lipinski definition) is 6. The van der Waals surface area contributed by atoms with E-state index in [0.29, 0.717) is 29.3 Å². The normalized spacial score (nSPS) is 16.5. The van der Waals surface area contributed by atoms with Crippen LogP contribution in [0.5, 0.6) is 0 Å². The number of rotatable bonds is 4. The van der Waals surface area contributed by atoms with Gasteiger partial charge in [0.1, 0.15) is 5.76 Å². The molecule has 1 aliphatic carbocycles. The average Bonchev–Trinajstić information content (AvgIpc) is 3.34. The number of aromatic nitrogens is 4. The van der Waals surface area contributed by atoms with Gasteiger partial charge in [-0.2, -0.15) is 4.98 Å². The zero-order valence-corrected chi connectivity index (χ0v) is 16.1. The highest BCUT2D eigenvalue weighted by Crippen LogP contribution is 2.32. The minimum atomic E-state index is 0.0306. The number of thioether (sulfide) groups is 1. The minimum Gasteiger partial charge on any atom is -0.469 e. The fraction of sp³-hybridized carbons (Fsp3) is 0.238. The fourth-order valence-corrected chi connectivity index (χ4v) is 4.37. The molecule has 0 spiro atoms. The third-order valence-corrected chi connectivity index (χ3v) is 5.87. The predicted molar refractivity (Wildman–Crippen MR) is 106 cm³/mol. The van der Waals surface area contributed by atoms with E-state index in [1.165, 1.54) is 11.1 Å². The van der Waals surface area contributed by atoms with Crippen LogP contribution < -0.4 is 0 Å². The van der Waals surface area contributed by atoms with Gasteiger partial charge in [-0.25, -0.2) is 9.50 Å². The molecule has 7 heteroatoms. The number of hydrogen-bond donors (Lipinski definition) is 0. The number of nitrogens with zero attached hydrogens (tertiary/aromatic N) is 4. The lowest BCUT2D eigenvalue weighted by Crippen LogP contribution is -2.21. The Balaban J connectivity index is 1.41. The molecule has 0 fully saturated rings. The van der Waals surface area contributed by atoms with Gasteiger partial charge in [0.05, 0.1) is 17.5 Å². The molecule has 0 radical (unpaired) electrons. The molecule has 140 valence electrons. The standard InChI is InChI=1S/C21H18N4O2S/c1-13-4-2-5-14(8-13)12-28-21-23-20-22-17-9-15(19-6-3-7-27-19)10-18(26)16(17)11-25(20)24-21/h2-8,11,15H,9-10,12H2,1H3/t15-/m1/s1. The van der Waals surface area contributed by atoms with E-state index < -0.39 is 0 Å². The molecule has 0 bridgehead atoms. The van der Waals surface area contributed by atoms with Crippen LogP contribution in [0.25, 0.3) is 5.78 Å². The summed E-state index contributed by atoms with van der Waals surface area (Å²) in [4.78, 5) is 21.8. The van der Waals surface area contributed by atoms with Gasteiger partial charge in [0.2, 0.25) is 5.16 Å². The van der Waals surface area contributed by atoms with Crippen molar-refractivity contribution >= 4 is 23.3 Å². The minimum absolute atomic E-state index is 0.0306. The van der Waals surface area contributed by atoms with Gasteiger partial charge < -0.3 is 4.42 Å². The number of ketones is 1. The number of carbonyl (C=O) groups excluding carboxylic acids is 1. The van der Waals surface area contributed by atoms with E-state index in [9.17, 15) is 4.79 Å². The van der Waals surface area contributed by atoms with E-state index in [4.69, 9.17) is 4.42 Å². The highest BCUT2D eigenvalue weighted by Gasteiger charge is 2.30. The molecule has 3 heterocycles. The summed E-state index contributed by atoms with van der Waals surface area (Å²) in [5.41, 5.74) is 3.87. The van der Waals surface area contributed by atoms with Crippen molar-refractivity contribution in [1.82, 2.24) is 19.6 Å². The monoisotopic (exact) mass is 390 g/mol. The van der Waals surface area contributed by atoms with E-state index in [-0.39, 0.29) is 11.7 Å². The lowest BCUT2D eigenvalue weighted by atomic mass is 9.85. The number of carbonyl (C=O) groups is 1. The Hall–Kier alpha value is -2.93. The summed E-state index contributed by atoms with van der Waals surface area (Å²) >= 11 is 1.57. The van der Waals surface area contributed by atoms with Crippen molar-refractivity contribution in [2.45, 2.75) is 36.6 Å². The summed E-state index contributed by atoms with van der Waals surface area (Å²) in [6.07, 6.45) is 4.51. The lowest BCUT2D eigenvalue weighted by Gasteiger charge is -2.20. The molecule has 0 N–H and O–H groups in total. The summed E-state index contributed by atoms with van der Waals surface area (Å²) in [5, 5.41) is 5.16. The number of furan rings is 1. The molecule has 4 aromatic rings. The Labute approximate surface area is 166 Å². The van der Waals surface area contributed by atoms with Crippen LogP contribution >= 0.6 is 11.8 Å². The first-order chi connectivity index (χ1) is 13.7. The maximum Gasteiger partial charge on any atom is 0.253 e. The van der Waals surface area contributed by atoms with Gasteiger partial charge in [-0.15, -0.1) is 5.10 Å². The molecule has 28 heavy (non-hydrogen) atoms. The van der Waals surface area contributed by atoms with Crippen LogP contribution in [-0.4, -0.2) is 25.4 Å². The molecule has 1 aromatic carbocycles. The molecule has 0 amide bonds. The first-order valence-corrected chi connectivity index (χ1v) is 10.2. The van der Waals surface area contributed by atoms with Crippen LogP contribution in [0.4, 0.5) is 0 Å². The van der Waals surface area contributed by atoms with E-state index in [0.717, 1.165) is 17.2 Å². The van der Waals surface area contributed by atoms with Gasteiger partial charge in [0, 0.05) is 30.7 Å². The third kappa shape index (κ3) is 3.22. The van der Waals surface area contributed by atoms with Gasteiger partial charge in [0.15, 0.2) is 5.78 Å². The Morgan fingerprint density at radius 1 is 1.21 bits per heavy atom. The largest absolute Gasteiger partial charge is 0.469 e. The van der Waals surface area contributed by atoms with E-state index in [1.807, 2.05) is 12.1 Å². The fourth-order valence-electron chi connectivity index (χ4n) is 3.60. The molecule has 0 saturated heterocycles. The number of aryl methyl sites for hydroxylation is 1. The molecule has 0 unspecified atom stereocenters. The first kappa shape index (κ1) is 17.2. The lowest BCUT2D eigenvalue weighted by molar-refractivity contribution is 0.0958. The molecule has 5 rings (SSSR count). The maximum absolute atomic E-state index is 12.6. The summed E-state index contributed by atoms with van der Waals surface area (Å²) in [6.45, 7) is 2.08. The Morgan fingerprint density at radius 2 is 2.14 bits per heavy atom. The second-order valence-corrected chi connectivity index (χ2v) is 8.00. The van der Waals surface area contributed by atoms with Crippen molar-refractivity contribution in [3.63, 3.8) is 0 Å². The second-order valence-electron chi connectivity index (χ2n) is 7.06. The quantitative estimate of drug-likeness (QED) is 0.486. The van der Waals surface area contributed by atoms with E-state index in [2.05, 4.69) is 46.3 Å². The molecular weight excluding hydrogens is 372 g/mol. The predicted octanol–water partition coefficient (Wildman–Crippen LogP) is 4.23. The Bertz CT molecular complexity index is 1170. The van der Waals surface area contributed by atoms with Crippen LogP contribution in [-0.2, 0) is 12.2 Å². The van der Waals surface area contributed by atoms with Gasteiger partial charge in [-0.1, -0.05) is 41.6 Å². The van der Waals surface area contributed by atoms with Crippen molar-refractivity contribution in [2.75, 3.05) is 0 Å². The van der Waals surface area contributed by atoms with Crippen LogP contribution in [0.3, 0.4) is 0 Å². The number of benzene rings is 1. The average molecular weight is 390 g/mol. The maximum atomic E-state index is 12.6. The first-order valence-electron chi connectivity index (χ1n) is 9.17. The summed E-state index contributed by atoms with van der Waals surface area (Å²) in [5.74, 6) is 2.25. The zero-order chi connectivity index (χ0) is 19.1. The van der Waals surface area contributed by atoms with Crippen LogP contribution in [0.2, 0.25) is 0 Å². The Kier molecular flexibility index (Phi) is 4.24. The molecule has 6 nitrogen and oxygen atoms in total. The van der Waals surface area contributed by atoms with Crippen molar-refractivity contribution in [1.29, 1.82) is 0 Å². The van der Waals surface area contributed by atoms with Crippen molar-refractivity contribution in [2.24, 2.45) is 0 Å². The number of fused-ring (bicyclic) bond motifs is 2. The summed E-state index contributed by atoms with van der Waals surface area (Å²) in [7, 11) is 0. The molecule has 0 aliphatic heterocycles. The molecule has 1 aliphatic rings. The SMILES string of the molecule is Cc1cccc(CSc2nc3nc4c(cn3n2)C(=O)C[C@H](c2ccco2)C4)c1. The Morgan fingerprint density at radius 3 is 2.96 bits per heavy atom. The van der Waals surface area contributed by atoms with Crippen molar-refractivity contribution in [3.8, 4) is 0 Å². The smallest absolute Gasteiger partial charge is 0.253 e. The summed E-state index contributed by atoms with van der Waals surface area (Å²) in [6, 6.07) is 12.2. The third-order valence-electron chi connectivity index (χ3n) is 4.96. The van der Waals surface area contributed by atoms with Gasteiger partial charge in [-0.3, -0.25) is 4.79 Å². The second kappa shape index (κ2) is 6.91.